The Hall–Kier alpha value is -3.32. The zero-order valence-corrected chi connectivity index (χ0v) is 18.2. The normalized spacial score (nSPS) is 11.0. The van der Waals surface area contributed by atoms with E-state index < -0.39 is 10.0 Å². The zero-order valence-electron chi connectivity index (χ0n) is 17.4. The number of hydrogen-bond acceptors (Lipinski definition) is 4. The van der Waals surface area contributed by atoms with Gasteiger partial charge in [-0.15, -0.1) is 0 Å². The summed E-state index contributed by atoms with van der Waals surface area (Å²) in [7, 11) is -3.78. The lowest BCUT2D eigenvalue weighted by atomic mass is 10.1. The largest absolute Gasteiger partial charge is 0.494 e. The van der Waals surface area contributed by atoms with E-state index in [2.05, 4.69) is 10.0 Å². The van der Waals surface area contributed by atoms with Gasteiger partial charge in [0.25, 0.3) is 15.9 Å². The second kappa shape index (κ2) is 10.6. The first-order chi connectivity index (χ1) is 15.0. The first kappa shape index (κ1) is 22.4. The van der Waals surface area contributed by atoms with E-state index in [9.17, 15) is 13.2 Å². The van der Waals surface area contributed by atoms with Crippen molar-refractivity contribution in [2.45, 2.75) is 24.7 Å². The molecule has 0 unspecified atom stereocenters. The van der Waals surface area contributed by atoms with E-state index in [-0.39, 0.29) is 22.1 Å². The van der Waals surface area contributed by atoms with Crippen LogP contribution in [0.5, 0.6) is 5.75 Å². The molecule has 0 aromatic heterocycles. The summed E-state index contributed by atoms with van der Waals surface area (Å²) >= 11 is 0. The Morgan fingerprint density at radius 3 is 2.35 bits per heavy atom. The predicted octanol–water partition coefficient (Wildman–Crippen LogP) is 4.25. The first-order valence-corrected chi connectivity index (χ1v) is 11.7. The number of amides is 1. The van der Waals surface area contributed by atoms with Crippen LogP contribution >= 0.6 is 0 Å². The van der Waals surface area contributed by atoms with E-state index in [4.69, 9.17) is 4.74 Å². The molecule has 0 saturated heterocycles. The van der Waals surface area contributed by atoms with Crippen LogP contribution in [0.1, 0.15) is 29.3 Å². The highest BCUT2D eigenvalue weighted by Gasteiger charge is 2.18. The lowest BCUT2D eigenvalue weighted by Crippen LogP contribution is -2.26. The maximum absolute atomic E-state index is 12.7. The first-order valence-electron chi connectivity index (χ1n) is 10.2. The number of ether oxygens (including phenoxy) is 1. The van der Waals surface area contributed by atoms with E-state index in [0.29, 0.717) is 13.2 Å². The molecule has 2 N–H and O–H groups in total. The fraction of sp³-hybridized carbons (Fsp3) is 0.208. The number of hydrogen-bond donors (Lipinski definition) is 2. The average molecular weight is 439 g/mol. The molecule has 0 heterocycles. The van der Waals surface area contributed by atoms with Crippen LogP contribution in [0.15, 0.2) is 83.8 Å². The quantitative estimate of drug-likeness (QED) is 0.464. The molecule has 0 aliphatic carbocycles. The molecule has 0 fully saturated rings. The molecular weight excluding hydrogens is 412 g/mol. The molecule has 31 heavy (non-hydrogen) atoms. The molecule has 1 amide bonds. The topological polar surface area (TPSA) is 84.5 Å². The molecule has 162 valence electrons. The van der Waals surface area contributed by atoms with Gasteiger partial charge < -0.3 is 10.1 Å². The van der Waals surface area contributed by atoms with Gasteiger partial charge >= 0.3 is 0 Å². The van der Waals surface area contributed by atoms with Crippen molar-refractivity contribution < 1.29 is 17.9 Å². The molecule has 0 radical (unpaired) electrons. The molecule has 3 aromatic rings. The number of rotatable bonds is 10. The van der Waals surface area contributed by atoms with Gasteiger partial charge in [0.2, 0.25) is 0 Å². The van der Waals surface area contributed by atoms with Gasteiger partial charge in [0.1, 0.15) is 5.75 Å². The van der Waals surface area contributed by atoms with Gasteiger partial charge in [0.05, 0.1) is 22.8 Å². The highest BCUT2D eigenvalue weighted by atomic mass is 32.2. The van der Waals surface area contributed by atoms with Gasteiger partial charge in [-0.3, -0.25) is 9.52 Å². The minimum Gasteiger partial charge on any atom is -0.494 e. The molecule has 7 heteroatoms. The smallest absolute Gasteiger partial charge is 0.261 e. The number of carbonyl (C=O) groups is 1. The van der Waals surface area contributed by atoms with Crippen LogP contribution in [0.2, 0.25) is 0 Å². The van der Waals surface area contributed by atoms with Crippen LogP contribution in [0, 0.1) is 0 Å². The van der Waals surface area contributed by atoms with Crippen molar-refractivity contribution in [1.82, 2.24) is 5.32 Å². The van der Waals surface area contributed by atoms with Gasteiger partial charge in [-0.05, 0) is 55.7 Å². The molecule has 3 rings (SSSR count). The minimum absolute atomic E-state index is 0.137. The van der Waals surface area contributed by atoms with E-state index in [1.165, 1.54) is 12.1 Å². The molecule has 0 aliphatic heterocycles. The SMILES string of the molecule is CCOc1ccccc1CCCNC(=O)c1ccccc1NS(=O)(=O)c1ccccc1. The summed E-state index contributed by atoms with van der Waals surface area (Å²) in [5.41, 5.74) is 1.61. The number of aryl methyl sites for hydroxylation is 1. The number of anilines is 1. The average Bonchev–Trinajstić information content (AvgIpc) is 2.78. The monoisotopic (exact) mass is 438 g/mol. The van der Waals surface area contributed by atoms with E-state index in [0.717, 1.165) is 24.2 Å². The summed E-state index contributed by atoms with van der Waals surface area (Å²) in [6, 6.07) is 22.5. The Morgan fingerprint density at radius 2 is 1.58 bits per heavy atom. The Morgan fingerprint density at radius 1 is 0.903 bits per heavy atom. The Labute approximate surface area is 183 Å². The van der Waals surface area contributed by atoms with Gasteiger partial charge in [-0.2, -0.15) is 0 Å². The molecular formula is C24H26N2O4S. The lowest BCUT2D eigenvalue weighted by Gasteiger charge is -2.13. The maximum atomic E-state index is 12.7. The molecule has 0 spiro atoms. The number of sulfonamides is 1. The number of benzene rings is 3. The second-order valence-corrected chi connectivity index (χ2v) is 8.55. The second-order valence-electron chi connectivity index (χ2n) is 6.86. The summed E-state index contributed by atoms with van der Waals surface area (Å²) in [5, 5.41) is 2.87. The van der Waals surface area contributed by atoms with Crippen LogP contribution in [-0.2, 0) is 16.4 Å². The fourth-order valence-electron chi connectivity index (χ4n) is 3.16. The number of para-hydroxylation sites is 2. The summed E-state index contributed by atoms with van der Waals surface area (Å²) < 4.78 is 33.4. The van der Waals surface area contributed by atoms with Crippen LogP contribution in [-0.4, -0.2) is 27.5 Å². The maximum Gasteiger partial charge on any atom is 0.261 e. The molecule has 0 bridgehead atoms. The van der Waals surface area contributed by atoms with Crippen molar-refractivity contribution in [2.24, 2.45) is 0 Å². The van der Waals surface area contributed by atoms with Crippen molar-refractivity contribution in [1.29, 1.82) is 0 Å². The Bertz CT molecular complexity index is 1120. The highest BCUT2D eigenvalue weighted by Crippen LogP contribution is 2.21. The molecule has 0 saturated carbocycles. The molecule has 3 aromatic carbocycles. The van der Waals surface area contributed by atoms with Crippen LogP contribution in [0.4, 0.5) is 5.69 Å². The summed E-state index contributed by atoms with van der Waals surface area (Å²) in [5.74, 6) is 0.529. The third kappa shape index (κ3) is 6.08. The van der Waals surface area contributed by atoms with E-state index in [1.807, 2.05) is 31.2 Å². The van der Waals surface area contributed by atoms with Gasteiger partial charge in [0.15, 0.2) is 0 Å². The standard InChI is InChI=1S/C24H26N2O4S/c1-2-30-23-17-9-6-11-19(23)12-10-18-25-24(27)21-15-7-8-16-22(21)26-31(28,29)20-13-4-3-5-14-20/h3-9,11,13-17,26H,2,10,12,18H2,1H3,(H,25,27). The molecule has 0 aliphatic rings. The number of nitrogens with one attached hydrogen (secondary N) is 2. The van der Waals surface area contributed by atoms with Gasteiger partial charge in [-0.1, -0.05) is 48.5 Å². The van der Waals surface area contributed by atoms with E-state index >= 15 is 0 Å². The number of carbonyl (C=O) groups excluding carboxylic acids is 1. The van der Waals surface area contributed by atoms with Crippen LogP contribution in [0.3, 0.4) is 0 Å². The van der Waals surface area contributed by atoms with E-state index in [1.54, 1.807) is 42.5 Å². The van der Waals surface area contributed by atoms with Gasteiger partial charge in [0, 0.05) is 6.54 Å². The van der Waals surface area contributed by atoms with Crippen LogP contribution in [0.25, 0.3) is 0 Å². The Balaban J connectivity index is 1.62. The summed E-state index contributed by atoms with van der Waals surface area (Å²) in [6.45, 7) is 3.00. The minimum atomic E-state index is -3.78. The summed E-state index contributed by atoms with van der Waals surface area (Å²) in [4.78, 5) is 12.8. The van der Waals surface area contributed by atoms with Gasteiger partial charge in [-0.25, -0.2) is 8.42 Å². The fourth-order valence-corrected chi connectivity index (χ4v) is 4.26. The van der Waals surface area contributed by atoms with Crippen molar-refractivity contribution in [3.05, 3.63) is 90.0 Å². The zero-order chi connectivity index (χ0) is 22.1. The lowest BCUT2D eigenvalue weighted by molar-refractivity contribution is 0.0954. The Kier molecular flexibility index (Phi) is 7.67. The van der Waals surface area contributed by atoms with Crippen molar-refractivity contribution in [3.8, 4) is 5.75 Å². The summed E-state index contributed by atoms with van der Waals surface area (Å²) in [6.07, 6.45) is 1.49. The highest BCUT2D eigenvalue weighted by molar-refractivity contribution is 7.92. The third-order valence-electron chi connectivity index (χ3n) is 4.65. The third-order valence-corrected chi connectivity index (χ3v) is 6.03. The van der Waals surface area contributed by atoms with Crippen molar-refractivity contribution in [3.63, 3.8) is 0 Å². The predicted molar refractivity (Wildman–Crippen MR) is 122 cm³/mol. The van der Waals surface area contributed by atoms with Crippen molar-refractivity contribution >= 4 is 21.6 Å². The van der Waals surface area contributed by atoms with Crippen molar-refractivity contribution in [2.75, 3.05) is 17.9 Å². The van der Waals surface area contributed by atoms with Crippen LogP contribution < -0.4 is 14.8 Å². The molecule has 6 nitrogen and oxygen atoms in total. The molecule has 0 atom stereocenters.